The number of aromatic amines is 1. The van der Waals surface area contributed by atoms with Crippen molar-refractivity contribution in [1.29, 1.82) is 0 Å². The highest BCUT2D eigenvalue weighted by Gasteiger charge is 2.10. The number of hydrogen-bond acceptors (Lipinski definition) is 3. The molecule has 1 N–H and O–H groups in total. The van der Waals surface area contributed by atoms with Gasteiger partial charge >= 0.3 is 0 Å². The van der Waals surface area contributed by atoms with Gasteiger partial charge in [0.2, 0.25) is 0 Å². The number of H-pyrrole nitrogens is 1. The van der Waals surface area contributed by atoms with E-state index in [-0.39, 0.29) is 5.43 Å². The summed E-state index contributed by atoms with van der Waals surface area (Å²) in [7, 11) is 0. The summed E-state index contributed by atoms with van der Waals surface area (Å²) < 4.78 is 1.76. The second-order valence-electron chi connectivity index (χ2n) is 3.13. The van der Waals surface area contributed by atoms with Crippen molar-refractivity contribution in [3.63, 3.8) is 0 Å². The van der Waals surface area contributed by atoms with Gasteiger partial charge in [0.25, 0.3) is 0 Å². The normalized spacial score (nSPS) is 11.3. The fourth-order valence-corrected chi connectivity index (χ4v) is 2.94. The van der Waals surface area contributed by atoms with E-state index in [9.17, 15) is 4.79 Å². The van der Waals surface area contributed by atoms with Crippen LogP contribution in [0, 0.1) is 0 Å². The van der Waals surface area contributed by atoms with E-state index in [0.29, 0.717) is 10.5 Å². The molecular formula is C10H5ClN2OS. The molecule has 0 atom stereocenters. The monoisotopic (exact) mass is 236 g/mol. The highest BCUT2D eigenvalue weighted by Crippen LogP contribution is 2.33. The van der Waals surface area contributed by atoms with Gasteiger partial charge in [0.1, 0.15) is 5.15 Å². The smallest absolute Gasteiger partial charge is 0.189 e. The summed E-state index contributed by atoms with van der Waals surface area (Å²) in [5.41, 5.74) is 0.790. The SMILES string of the molecule is O=c1cccc2sc3c(Cl)nc[nH]c3c12. The van der Waals surface area contributed by atoms with Gasteiger partial charge in [-0.2, -0.15) is 0 Å². The maximum atomic E-state index is 11.7. The lowest BCUT2D eigenvalue weighted by molar-refractivity contribution is 1.23. The van der Waals surface area contributed by atoms with Crippen molar-refractivity contribution in [2.24, 2.45) is 0 Å². The van der Waals surface area contributed by atoms with Crippen LogP contribution in [0.1, 0.15) is 0 Å². The minimum atomic E-state index is 0.0114. The van der Waals surface area contributed by atoms with Crippen molar-refractivity contribution >= 4 is 43.2 Å². The fraction of sp³-hybridized carbons (Fsp3) is 0. The topological polar surface area (TPSA) is 45.8 Å². The number of fused-ring (bicyclic) bond motifs is 3. The lowest BCUT2D eigenvalue weighted by Gasteiger charge is -1.91. The standard InChI is InChI=1S/C10H5ClN2OS/c11-10-9-8(12-4-13-10)7-5(14)2-1-3-6(7)15-9/h1-4H,(H,12,13). The van der Waals surface area contributed by atoms with Crippen molar-refractivity contribution in [3.05, 3.63) is 39.9 Å². The Morgan fingerprint density at radius 2 is 2.27 bits per heavy atom. The van der Waals surface area contributed by atoms with Crippen LogP contribution in [-0.4, -0.2) is 9.97 Å². The Bertz CT molecular complexity index is 716. The van der Waals surface area contributed by atoms with Gasteiger partial charge in [0.05, 0.1) is 21.9 Å². The van der Waals surface area contributed by atoms with E-state index < -0.39 is 0 Å². The zero-order valence-corrected chi connectivity index (χ0v) is 9.02. The van der Waals surface area contributed by atoms with E-state index >= 15 is 0 Å². The van der Waals surface area contributed by atoms with E-state index in [1.165, 1.54) is 17.7 Å². The third kappa shape index (κ3) is 1.19. The lowest BCUT2D eigenvalue weighted by Crippen LogP contribution is -1.96. The molecule has 0 fully saturated rings. The molecule has 5 heteroatoms. The number of aromatic nitrogens is 2. The molecule has 15 heavy (non-hydrogen) atoms. The van der Waals surface area contributed by atoms with Gasteiger partial charge in [-0.15, -0.1) is 11.3 Å². The summed E-state index contributed by atoms with van der Waals surface area (Å²) in [6.45, 7) is 0. The maximum absolute atomic E-state index is 11.7. The minimum absolute atomic E-state index is 0.0114. The maximum Gasteiger partial charge on any atom is 0.189 e. The minimum Gasteiger partial charge on any atom is -0.344 e. The van der Waals surface area contributed by atoms with Crippen LogP contribution in [0.4, 0.5) is 0 Å². The first-order chi connectivity index (χ1) is 7.27. The fourth-order valence-electron chi connectivity index (χ4n) is 1.61. The molecule has 74 valence electrons. The summed E-state index contributed by atoms with van der Waals surface area (Å²) in [5.74, 6) is 0. The van der Waals surface area contributed by atoms with Crippen LogP contribution in [0.25, 0.3) is 20.3 Å². The van der Waals surface area contributed by atoms with E-state index in [1.807, 2.05) is 6.07 Å². The Hall–Kier alpha value is -1.39. The number of thiophene rings is 1. The molecule has 3 aromatic rings. The van der Waals surface area contributed by atoms with Crippen molar-refractivity contribution in [2.45, 2.75) is 0 Å². The number of rotatable bonds is 0. The molecule has 0 saturated carbocycles. The van der Waals surface area contributed by atoms with Gasteiger partial charge < -0.3 is 4.98 Å². The molecule has 0 spiro atoms. The summed E-state index contributed by atoms with van der Waals surface area (Å²) in [5, 5.41) is 1.13. The molecule has 0 saturated heterocycles. The molecule has 0 aliphatic carbocycles. The zero-order chi connectivity index (χ0) is 10.4. The number of nitrogens with zero attached hydrogens (tertiary/aromatic N) is 1. The average molecular weight is 237 g/mol. The van der Waals surface area contributed by atoms with Crippen molar-refractivity contribution < 1.29 is 0 Å². The van der Waals surface area contributed by atoms with Crippen molar-refractivity contribution in [3.8, 4) is 0 Å². The second-order valence-corrected chi connectivity index (χ2v) is 4.54. The predicted molar refractivity (Wildman–Crippen MR) is 62.8 cm³/mol. The third-order valence-corrected chi connectivity index (χ3v) is 3.81. The number of nitrogens with one attached hydrogen (secondary N) is 1. The van der Waals surface area contributed by atoms with Gasteiger partial charge in [-0.1, -0.05) is 17.7 Å². The molecule has 2 heterocycles. The Morgan fingerprint density at radius 1 is 1.40 bits per heavy atom. The van der Waals surface area contributed by atoms with Crippen LogP contribution in [0.15, 0.2) is 29.3 Å². The number of benzene rings is 1. The molecule has 0 unspecified atom stereocenters. The molecule has 3 rings (SSSR count). The lowest BCUT2D eigenvalue weighted by atomic mass is 10.2. The summed E-state index contributed by atoms with van der Waals surface area (Å²) in [4.78, 5) is 18.6. The van der Waals surface area contributed by atoms with Crippen LogP contribution >= 0.6 is 22.9 Å². The van der Waals surface area contributed by atoms with Gasteiger partial charge in [-0.25, -0.2) is 4.98 Å². The van der Waals surface area contributed by atoms with Crippen molar-refractivity contribution in [1.82, 2.24) is 9.97 Å². The van der Waals surface area contributed by atoms with E-state index in [4.69, 9.17) is 11.6 Å². The average Bonchev–Trinajstić information content (AvgIpc) is 2.59. The third-order valence-electron chi connectivity index (χ3n) is 2.25. The van der Waals surface area contributed by atoms with Crippen LogP contribution in [0.3, 0.4) is 0 Å². The van der Waals surface area contributed by atoms with Crippen LogP contribution in [0.5, 0.6) is 0 Å². The molecule has 0 aliphatic rings. The summed E-state index contributed by atoms with van der Waals surface area (Å²) in [6, 6.07) is 5.21. The van der Waals surface area contributed by atoms with E-state index in [1.54, 1.807) is 12.1 Å². The second kappa shape index (κ2) is 3.05. The molecule has 0 aliphatic heterocycles. The molecule has 3 nitrogen and oxygen atoms in total. The summed E-state index contributed by atoms with van der Waals surface area (Å²) >= 11 is 7.43. The Labute approximate surface area is 93.3 Å². The first kappa shape index (κ1) is 8.88. The van der Waals surface area contributed by atoms with Gasteiger partial charge in [0, 0.05) is 4.70 Å². The van der Waals surface area contributed by atoms with Crippen LogP contribution in [-0.2, 0) is 0 Å². The van der Waals surface area contributed by atoms with Crippen molar-refractivity contribution in [2.75, 3.05) is 0 Å². The molecule has 1 aromatic carbocycles. The largest absolute Gasteiger partial charge is 0.344 e. The number of hydrogen-bond donors (Lipinski definition) is 1. The predicted octanol–water partition coefficient (Wildman–Crippen LogP) is 2.79. The Kier molecular flexibility index (Phi) is 1.81. The number of halogens is 1. The van der Waals surface area contributed by atoms with Gasteiger partial charge in [-0.05, 0) is 12.1 Å². The zero-order valence-electron chi connectivity index (χ0n) is 7.45. The molecular weight excluding hydrogens is 232 g/mol. The molecule has 0 radical (unpaired) electrons. The highest BCUT2D eigenvalue weighted by atomic mass is 35.5. The first-order valence-electron chi connectivity index (χ1n) is 4.32. The molecule has 2 aromatic heterocycles. The van der Waals surface area contributed by atoms with E-state index in [2.05, 4.69) is 9.97 Å². The van der Waals surface area contributed by atoms with Crippen LogP contribution in [0.2, 0.25) is 5.15 Å². The van der Waals surface area contributed by atoms with Gasteiger partial charge in [-0.3, -0.25) is 4.79 Å². The summed E-state index contributed by atoms with van der Waals surface area (Å²) in [6.07, 6.45) is 1.50. The van der Waals surface area contributed by atoms with E-state index in [0.717, 1.165) is 14.9 Å². The quantitative estimate of drug-likeness (QED) is 0.610. The molecule has 0 bridgehead atoms. The first-order valence-corrected chi connectivity index (χ1v) is 5.51. The van der Waals surface area contributed by atoms with Crippen LogP contribution < -0.4 is 5.43 Å². The molecule has 0 amide bonds. The Balaban J connectivity index is 2.71. The Morgan fingerprint density at radius 3 is 3.13 bits per heavy atom. The highest BCUT2D eigenvalue weighted by molar-refractivity contribution is 7.26. The van der Waals surface area contributed by atoms with Gasteiger partial charge in [0.15, 0.2) is 5.43 Å².